The number of nitrogen functional groups attached to an aromatic ring is 1. The van der Waals surface area contributed by atoms with Crippen molar-refractivity contribution in [2.45, 2.75) is 32.3 Å². The molecule has 252 valence electrons. The molecule has 0 saturated carbocycles. The number of aliphatic hydroxyl groups excluding tert-OH is 1. The van der Waals surface area contributed by atoms with Crippen LogP contribution < -0.4 is 10.5 Å². The van der Waals surface area contributed by atoms with Crippen LogP contribution in [0.1, 0.15) is 46.4 Å². The molecule has 1 aliphatic heterocycles. The van der Waals surface area contributed by atoms with Gasteiger partial charge in [-0.25, -0.2) is 9.78 Å². The summed E-state index contributed by atoms with van der Waals surface area (Å²) in [5.41, 5.74) is 6.08. The van der Waals surface area contributed by atoms with E-state index in [1.807, 2.05) is 0 Å². The van der Waals surface area contributed by atoms with Crippen LogP contribution in [0.5, 0.6) is 5.75 Å². The molecule has 4 aromatic rings. The van der Waals surface area contributed by atoms with Crippen LogP contribution in [-0.2, 0) is 23.1 Å². The molecule has 16 heteroatoms. The number of hydrogen-bond donors (Lipinski definition) is 2. The smallest absolute Gasteiger partial charge is 0.338 e. The number of carbonyl (C=O) groups is 2. The van der Waals surface area contributed by atoms with Crippen LogP contribution in [0.3, 0.4) is 0 Å². The summed E-state index contributed by atoms with van der Waals surface area (Å²) >= 11 is 6.08. The van der Waals surface area contributed by atoms with Crippen LogP contribution in [0.4, 0.5) is 5.82 Å². The number of carbonyl (C=O) groups excluding carboxylic acids is 2. The first-order valence-corrected chi connectivity index (χ1v) is 17.1. The monoisotopic (exact) mass is 697 g/mol. The summed E-state index contributed by atoms with van der Waals surface area (Å²) in [4.78, 5) is 38.7. The van der Waals surface area contributed by atoms with Gasteiger partial charge in [0.1, 0.15) is 36.8 Å². The molecule has 2 aromatic carbocycles. The summed E-state index contributed by atoms with van der Waals surface area (Å²) in [5.74, 6) is 1.98. The van der Waals surface area contributed by atoms with Crippen LogP contribution in [0.2, 0.25) is 5.28 Å². The van der Waals surface area contributed by atoms with Gasteiger partial charge < -0.3 is 34.1 Å². The maximum Gasteiger partial charge on any atom is 0.338 e. The van der Waals surface area contributed by atoms with Crippen LogP contribution in [0, 0.1) is 17.8 Å². The molecule has 48 heavy (non-hydrogen) atoms. The molecule has 3 N–H and O–H groups in total. The largest absolute Gasteiger partial charge is 0.481 e. The fourth-order valence-corrected chi connectivity index (χ4v) is 6.39. The minimum atomic E-state index is -3.44. The van der Waals surface area contributed by atoms with Crippen molar-refractivity contribution in [3.8, 4) is 18.1 Å². The van der Waals surface area contributed by atoms with Crippen molar-refractivity contribution in [3.63, 3.8) is 0 Å². The van der Waals surface area contributed by atoms with Gasteiger partial charge in [-0.3, -0.25) is 13.9 Å². The number of ether oxygens (including phenoxy) is 3. The lowest BCUT2D eigenvalue weighted by Crippen LogP contribution is -2.42. The SMILES string of the molecule is C#CCOc1ccc(C(=O)c2ccc(C(=O)OCC3(C)[C@@H](O)[C@@H](COP(C)(=O)OCC)O[C@H]3n3cnc4c(N)nc(Cl)nc43)cc2)cc1. The molecule has 1 aliphatic rings. The summed E-state index contributed by atoms with van der Waals surface area (Å²) in [6.45, 7) is 4.27. The van der Waals surface area contributed by atoms with E-state index in [-0.39, 0.29) is 60.0 Å². The first kappa shape index (κ1) is 35.0. The third-order valence-electron chi connectivity index (χ3n) is 7.74. The number of terminal acetylenes is 1. The Labute approximate surface area is 281 Å². The number of fused-ring (bicyclic) bond motifs is 1. The summed E-state index contributed by atoms with van der Waals surface area (Å²) in [5, 5.41) is 11.4. The van der Waals surface area contributed by atoms with E-state index in [9.17, 15) is 19.3 Å². The Morgan fingerprint density at radius 1 is 1.12 bits per heavy atom. The van der Waals surface area contributed by atoms with Gasteiger partial charge in [0.25, 0.3) is 0 Å². The fraction of sp³-hybridized carbons (Fsp3) is 0.344. The number of nitrogens with two attached hydrogens (primary N) is 1. The van der Waals surface area contributed by atoms with Crippen molar-refractivity contribution >= 4 is 47.9 Å². The van der Waals surface area contributed by atoms with E-state index >= 15 is 0 Å². The normalized spacial score (nSPS) is 21.8. The van der Waals surface area contributed by atoms with Crippen molar-refractivity contribution in [1.29, 1.82) is 0 Å². The predicted molar refractivity (Wildman–Crippen MR) is 175 cm³/mol. The molecule has 0 aliphatic carbocycles. The average molecular weight is 698 g/mol. The highest BCUT2D eigenvalue weighted by molar-refractivity contribution is 7.52. The predicted octanol–water partition coefficient (Wildman–Crippen LogP) is 4.30. The standard InChI is InChI=1S/C32H33ClN5O9P/c1-5-15-43-22-13-11-20(12-14-22)25(39)19-7-9-21(10-8-19)29(41)44-17-32(3)26(40)23(16-46-48(4,42)45-6-2)47-30(32)38-18-35-24-27(34)36-31(33)37-28(24)38/h1,7-14,18,23,26,30,40H,6,15-17H2,2-4H3,(H2,34,36,37)/t23-,26+,30-,32?,48?/m1/s1. The zero-order valence-electron chi connectivity index (χ0n) is 26.2. The van der Waals surface area contributed by atoms with Crippen molar-refractivity contribution in [2.24, 2.45) is 5.41 Å². The van der Waals surface area contributed by atoms with Crippen molar-refractivity contribution in [2.75, 3.05) is 38.8 Å². The molecule has 0 bridgehead atoms. The second kappa shape index (κ2) is 14.4. The number of nitrogens with zero attached hydrogens (tertiary/aromatic N) is 4. The molecule has 0 radical (unpaired) electrons. The molecule has 5 atom stereocenters. The Kier molecular flexibility index (Phi) is 10.5. The Morgan fingerprint density at radius 3 is 2.42 bits per heavy atom. The Bertz CT molecular complexity index is 1900. The zero-order chi connectivity index (χ0) is 34.6. The maximum absolute atomic E-state index is 13.2. The molecule has 3 heterocycles. The molecule has 2 aromatic heterocycles. The Balaban J connectivity index is 1.34. The number of aromatic nitrogens is 4. The van der Waals surface area contributed by atoms with Gasteiger partial charge >= 0.3 is 13.6 Å². The van der Waals surface area contributed by atoms with Gasteiger partial charge in [-0.05, 0) is 61.8 Å². The second-order valence-corrected chi connectivity index (χ2v) is 13.6. The molecule has 0 spiro atoms. The lowest BCUT2D eigenvalue weighted by molar-refractivity contribution is -0.0620. The van der Waals surface area contributed by atoms with Crippen molar-refractivity contribution in [3.05, 3.63) is 76.8 Å². The first-order valence-electron chi connectivity index (χ1n) is 14.7. The highest BCUT2D eigenvalue weighted by atomic mass is 35.5. The lowest BCUT2D eigenvalue weighted by Gasteiger charge is -2.32. The average Bonchev–Trinajstić information content (AvgIpc) is 3.59. The Hall–Kier alpha value is -4.35. The van der Waals surface area contributed by atoms with Crippen LogP contribution in [0.15, 0.2) is 54.9 Å². The third-order valence-corrected chi connectivity index (χ3v) is 9.26. The number of ketones is 1. The number of hydrogen-bond acceptors (Lipinski definition) is 13. The number of halogens is 1. The second-order valence-electron chi connectivity index (χ2n) is 11.2. The minimum Gasteiger partial charge on any atom is -0.481 e. The van der Waals surface area contributed by atoms with Crippen LogP contribution in [0.25, 0.3) is 11.2 Å². The molecular formula is C32H33ClN5O9P. The van der Waals surface area contributed by atoms with Gasteiger partial charge in [0, 0.05) is 17.8 Å². The van der Waals surface area contributed by atoms with E-state index < -0.39 is 37.4 Å². The van der Waals surface area contributed by atoms with Gasteiger partial charge in [-0.15, -0.1) is 6.42 Å². The van der Waals surface area contributed by atoms with Crippen LogP contribution in [-0.4, -0.2) is 81.7 Å². The molecule has 14 nitrogen and oxygen atoms in total. The van der Waals surface area contributed by atoms with Crippen molar-refractivity contribution < 1.29 is 42.5 Å². The fourth-order valence-electron chi connectivity index (χ4n) is 5.26. The molecule has 5 rings (SSSR count). The summed E-state index contributed by atoms with van der Waals surface area (Å²) in [7, 11) is -3.44. The summed E-state index contributed by atoms with van der Waals surface area (Å²) < 4.78 is 42.1. The molecule has 1 fully saturated rings. The topological polar surface area (TPSA) is 187 Å². The summed E-state index contributed by atoms with van der Waals surface area (Å²) in [6, 6.07) is 12.5. The molecule has 2 unspecified atom stereocenters. The number of rotatable bonds is 13. The number of benzene rings is 2. The minimum absolute atomic E-state index is 0.0342. The van der Waals surface area contributed by atoms with E-state index in [1.54, 1.807) is 38.1 Å². The zero-order valence-corrected chi connectivity index (χ0v) is 27.9. The number of aliphatic hydroxyl groups is 1. The molecule has 0 amide bonds. The van der Waals surface area contributed by atoms with E-state index in [1.165, 1.54) is 41.8 Å². The first-order chi connectivity index (χ1) is 22.9. The van der Waals surface area contributed by atoms with Gasteiger partial charge in [-0.2, -0.15) is 9.97 Å². The quantitative estimate of drug-likeness (QED) is 0.0662. The van der Waals surface area contributed by atoms with Crippen LogP contribution >= 0.6 is 19.2 Å². The van der Waals surface area contributed by atoms with E-state index in [2.05, 4.69) is 20.9 Å². The van der Waals surface area contributed by atoms with Gasteiger partial charge in [0.05, 0.1) is 36.6 Å². The number of esters is 1. The highest BCUT2D eigenvalue weighted by Gasteiger charge is 2.55. The van der Waals surface area contributed by atoms with Gasteiger partial charge in [-0.1, -0.05) is 18.1 Å². The lowest BCUT2D eigenvalue weighted by atomic mass is 9.83. The van der Waals surface area contributed by atoms with E-state index in [4.69, 9.17) is 47.0 Å². The van der Waals surface area contributed by atoms with Gasteiger partial charge in [0.15, 0.2) is 17.2 Å². The Morgan fingerprint density at radius 2 is 1.77 bits per heavy atom. The van der Waals surface area contributed by atoms with Crippen molar-refractivity contribution in [1.82, 2.24) is 19.5 Å². The van der Waals surface area contributed by atoms with E-state index in [0.717, 1.165) is 0 Å². The molecular weight excluding hydrogens is 665 g/mol. The third kappa shape index (κ3) is 7.37. The van der Waals surface area contributed by atoms with Gasteiger partial charge in [0.2, 0.25) is 5.28 Å². The highest BCUT2D eigenvalue weighted by Crippen LogP contribution is 2.49. The molecule has 1 saturated heterocycles. The van der Waals surface area contributed by atoms with E-state index in [0.29, 0.717) is 16.9 Å². The number of anilines is 1. The summed E-state index contributed by atoms with van der Waals surface area (Å²) in [6.07, 6.45) is 3.25. The number of imidazole rings is 1. The maximum atomic E-state index is 13.2.